The summed E-state index contributed by atoms with van der Waals surface area (Å²) < 4.78 is 13.5. The standard InChI is InChI=1S/C28H35N7O6/c29-25-22-26(33-16-32-25)35(27-24(39)23(38)21(15-37)41-27)28(34-22)31-14-17-7-8-19(18-5-2-1-3-6-18)20(13-17)40-12-4-9-30-10-11-36/h1-3,5-8,13,16,21,23-24,27,30,36-39H,4,9-12,14-15H2,(H,31,34)(H2,29,32,33)/t21-,23-,24-,27-/m1/s1. The van der Waals surface area contributed by atoms with Gasteiger partial charge in [0.15, 0.2) is 23.2 Å². The number of hydrogen-bond acceptors (Lipinski definition) is 12. The topological polar surface area (TPSA) is 193 Å². The Labute approximate surface area is 236 Å². The lowest BCUT2D eigenvalue weighted by Crippen LogP contribution is -2.33. The van der Waals surface area contributed by atoms with Crippen LogP contribution in [0.15, 0.2) is 54.9 Å². The van der Waals surface area contributed by atoms with Gasteiger partial charge in [0, 0.05) is 18.7 Å². The number of nitrogen functional groups attached to an aromatic ring is 1. The molecule has 1 aliphatic heterocycles. The number of benzene rings is 2. The number of nitrogens with one attached hydrogen (secondary N) is 2. The number of fused-ring (bicyclic) bond motifs is 1. The fourth-order valence-electron chi connectivity index (χ4n) is 4.80. The normalized spacial score (nSPS) is 20.5. The van der Waals surface area contributed by atoms with Crippen LogP contribution in [0.1, 0.15) is 18.2 Å². The van der Waals surface area contributed by atoms with E-state index in [-0.39, 0.29) is 12.4 Å². The van der Waals surface area contributed by atoms with E-state index in [0.29, 0.717) is 36.8 Å². The number of aromatic nitrogens is 4. The summed E-state index contributed by atoms with van der Waals surface area (Å²) >= 11 is 0. The number of rotatable bonds is 13. The molecule has 0 bridgehead atoms. The molecule has 13 heteroatoms. The number of imidazole rings is 1. The number of aliphatic hydroxyl groups excluding tert-OH is 4. The van der Waals surface area contributed by atoms with Crippen molar-refractivity contribution in [3.63, 3.8) is 0 Å². The molecule has 41 heavy (non-hydrogen) atoms. The smallest absolute Gasteiger partial charge is 0.207 e. The lowest BCUT2D eigenvalue weighted by atomic mass is 10.0. The van der Waals surface area contributed by atoms with Crippen molar-refractivity contribution < 1.29 is 29.9 Å². The molecule has 1 aliphatic rings. The number of aliphatic hydroxyl groups is 4. The summed E-state index contributed by atoms with van der Waals surface area (Å²) in [5.74, 6) is 1.18. The van der Waals surface area contributed by atoms with Gasteiger partial charge in [-0.25, -0.2) is 15.0 Å². The fraction of sp³-hybridized carbons (Fsp3) is 0.393. The first-order valence-corrected chi connectivity index (χ1v) is 13.5. The summed E-state index contributed by atoms with van der Waals surface area (Å²) in [6.07, 6.45) is -2.61. The van der Waals surface area contributed by atoms with Crippen LogP contribution in [0.2, 0.25) is 0 Å². The second kappa shape index (κ2) is 13.2. The third-order valence-corrected chi connectivity index (χ3v) is 6.90. The lowest BCUT2D eigenvalue weighted by Gasteiger charge is -2.20. The molecular formula is C28H35N7O6. The van der Waals surface area contributed by atoms with Gasteiger partial charge in [0.05, 0.1) is 19.8 Å². The van der Waals surface area contributed by atoms with E-state index in [9.17, 15) is 15.3 Å². The molecule has 0 saturated carbocycles. The summed E-state index contributed by atoms with van der Waals surface area (Å²) in [6.45, 7) is 1.72. The van der Waals surface area contributed by atoms with Gasteiger partial charge in [-0.1, -0.05) is 42.5 Å². The molecule has 3 heterocycles. The highest BCUT2D eigenvalue weighted by Gasteiger charge is 2.45. The number of nitrogens with zero attached hydrogens (tertiary/aromatic N) is 4. The third-order valence-electron chi connectivity index (χ3n) is 6.90. The van der Waals surface area contributed by atoms with E-state index in [1.165, 1.54) is 10.9 Å². The summed E-state index contributed by atoms with van der Waals surface area (Å²) in [6, 6.07) is 15.9. The summed E-state index contributed by atoms with van der Waals surface area (Å²) in [7, 11) is 0. The van der Waals surface area contributed by atoms with Crippen LogP contribution in [-0.4, -0.2) is 91.2 Å². The van der Waals surface area contributed by atoms with E-state index < -0.39 is 31.1 Å². The molecule has 8 N–H and O–H groups in total. The molecule has 13 nitrogen and oxygen atoms in total. The monoisotopic (exact) mass is 565 g/mol. The first-order chi connectivity index (χ1) is 20.0. The van der Waals surface area contributed by atoms with Crippen LogP contribution >= 0.6 is 0 Å². The quantitative estimate of drug-likeness (QED) is 0.112. The van der Waals surface area contributed by atoms with Gasteiger partial charge in [-0.15, -0.1) is 0 Å². The van der Waals surface area contributed by atoms with E-state index in [0.717, 1.165) is 35.4 Å². The van der Waals surface area contributed by atoms with Crippen molar-refractivity contribution in [2.24, 2.45) is 0 Å². The predicted molar refractivity (Wildman–Crippen MR) is 152 cm³/mol. The van der Waals surface area contributed by atoms with Crippen LogP contribution in [0.3, 0.4) is 0 Å². The Morgan fingerprint density at radius 1 is 1.02 bits per heavy atom. The van der Waals surface area contributed by atoms with E-state index in [4.69, 9.17) is 20.3 Å². The first-order valence-electron chi connectivity index (χ1n) is 13.5. The first kappa shape index (κ1) is 28.7. The van der Waals surface area contributed by atoms with Crippen LogP contribution in [0, 0.1) is 0 Å². The van der Waals surface area contributed by atoms with Gasteiger partial charge in [0.25, 0.3) is 0 Å². The van der Waals surface area contributed by atoms with Gasteiger partial charge < -0.3 is 46.3 Å². The molecular weight excluding hydrogens is 530 g/mol. The molecule has 2 aromatic carbocycles. The van der Waals surface area contributed by atoms with Crippen molar-refractivity contribution in [2.45, 2.75) is 37.5 Å². The molecule has 218 valence electrons. The maximum atomic E-state index is 10.7. The van der Waals surface area contributed by atoms with Crippen molar-refractivity contribution in [1.29, 1.82) is 0 Å². The maximum absolute atomic E-state index is 10.7. The zero-order chi connectivity index (χ0) is 28.8. The van der Waals surface area contributed by atoms with E-state index >= 15 is 0 Å². The van der Waals surface area contributed by atoms with Crippen LogP contribution < -0.4 is 21.1 Å². The average Bonchev–Trinajstić information content (AvgIpc) is 3.51. The molecule has 0 aliphatic carbocycles. The Hall–Kier alpha value is -3.85. The molecule has 0 amide bonds. The van der Waals surface area contributed by atoms with Gasteiger partial charge in [-0.2, -0.15) is 0 Å². The minimum Gasteiger partial charge on any atom is -0.493 e. The fourth-order valence-corrected chi connectivity index (χ4v) is 4.80. The zero-order valence-corrected chi connectivity index (χ0v) is 22.4. The largest absolute Gasteiger partial charge is 0.493 e. The second-order valence-electron chi connectivity index (χ2n) is 9.69. The van der Waals surface area contributed by atoms with E-state index in [1.807, 2.05) is 48.5 Å². The van der Waals surface area contributed by atoms with E-state index in [1.54, 1.807) is 0 Å². The third kappa shape index (κ3) is 6.25. The Morgan fingerprint density at radius 2 is 1.85 bits per heavy atom. The summed E-state index contributed by atoms with van der Waals surface area (Å²) in [5.41, 5.74) is 9.57. The number of anilines is 2. The Morgan fingerprint density at radius 3 is 2.61 bits per heavy atom. The minimum absolute atomic E-state index is 0.0927. The summed E-state index contributed by atoms with van der Waals surface area (Å²) in [4.78, 5) is 12.9. The molecule has 2 aromatic heterocycles. The van der Waals surface area contributed by atoms with Crippen LogP contribution in [0.5, 0.6) is 5.75 Å². The van der Waals surface area contributed by atoms with Crippen LogP contribution in [0.4, 0.5) is 11.8 Å². The SMILES string of the molecule is Nc1ncnc2c1nc(NCc1ccc(-c3ccccc3)c(OCCCNCCO)c1)n2[C@@H]1O[C@H](CO)[C@@H](O)[C@H]1O. The van der Waals surface area contributed by atoms with Crippen LogP contribution in [-0.2, 0) is 11.3 Å². The number of hydrogen-bond donors (Lipinski definition) is 7. The Balaban J connectivity index is 1.40. The lowest BCUT2D eigenvalue weighted by molar-refractivity contribution is -0.0501. The Bertz CT molecular complexity index is 1440. The zero-order valence-electron chi connectivity index (χ0n) is 22.4. The highest BCUT2D eigenvalue weighted by atomic mass is 16.6. The van der Waals surface area contributed by atoms with Crippen molar-refractivity contribution in [2.75, 3.05) is 44.0 Å². The van der Waals surface area contributed by atoms with Crippen molar-refractivity contribution in [1.82, 2.24) is 24.8 Å². The molecule has 1 fully saturated rings. The van der Waals surface area contributed by atoms with Gasteiger partial charge in [0.2, 0.25) is 5.95 Å². The van der Waals surface area contributed by atoms with Crippen molar-refractivity contribution >= 4 is 22.9 Å². The molecule has 0 unspecified atom stereocenters. The predicted octanol–water partition coefficient (Wildman–Crippen LogP) is 0.650. The molecule has 1 saturated heterocycles. The molecule has 0 radical (unpaired) electrons. The minimum atomic E-state index is -1.33. The Kier molecular flexibility index (Phi) is 9.24. The van der Waals surface area contributed by atoms with Crippen molar-refractivity contribution in [3.05, 3.63) is 60.4 Å². The molecule has 4 aromatic rings. The highest BCUT2D eigenvalue weighted by molar-refractivity contribution is 5.84. The molecule has 4 atom stereocenters. The van der Waals surface area contributed by atoms with Crippen molar-refractivity contribution in [3.8, 4) is 16.9 Å². The van der Waals surface area contributed by atoms with E-state index in [2.05, 4.69) is 25.6 Å². The molecule has 5 rings (SSSR count). The number of ether oxygens (including phenoxy) is 2. The second-order valence-corrected chi connectivity index (χ2v) is 9.69. The van der Waals surface area contributed by atoms with Gasteiger partial charge in [-0.3, -0.25) is 4.57 Å². The number of nitrogens with two attached hydrogens (primary N) is 1. The van der Waals surface area contributed by atoms with Gasteiger partial charge >= 0.3 is 0 Å². The maximum Gasteiger partial charge on any atom is 0.207 e. The average molecular weight is 566 g/mol. The molecule has 0 spiro atoms. The van der Waals surface area contributed by atoms with Gasteiger partial charge in [0.1, 0.15) is 30.4 Å². The highest BCUT2D eigenvalue weighted by Crippen LogP contribution is 2.36. The summed E-state index contributed by atoms with van der Waals surface area (Å²) in [5, 5.41) is 46.0. The van der Waals surface area contributed by atoms with Gasteiger partial charge in [-0.05, 0) is 30.2 Å². The van der Waals surface area contributed by atoms with Crippen LogP contribution in [0.25, 0.3) is 22.3 Å².